The summed E-state index contributed by atoms with van der Waals surface area (Å²) >= 11 is 0. The smallest absolute Gasteiger partial charge is 0.117 e. The van der Waals surface area contributed by atoms with Gasteiger partial charge in [0.05, 0.1) is 0 Å². The summed E-state index contributed by atoms with van der Waals surface area (Å²) < 4.78 is 5.26. The molecular formula is C8H14O. The Hall–Kier alpha value is -0.480. The summed E-state index contributed by atoms with van der Waals surface area (Å²) in [5.74, 6) is 5.79. The Morgan fingerprint density at radius 2 is 2.11 bits per heavy atom. The van der Waals surface area contributed by atoms with Crippen LogP contribution in [0.3, 0.4) is 0 Å². The lowest BCUT2D eigenvalue weighted by atomic mass is 10.3. The van der Waals surface area contributed by atoms with Gasteiger partial charge in [0.2, 0.25) is 0 Å². The molecule has 0 aromatic heterocycles. The molecule has 0 aliphatic carbocycles. The molecule has 0 aromatic rings. The zero-order valence-corrected chi connectivity index (χ0v) is 6.40. The van der Waals surface area contributed by atoms with E-state index in [4.69, 9.17) is 4.74 Å². The molecular weight excluding hydrogens is 112 g/mol. The molecule has 0 radical (unpaired) electrons. The Kier molecular flexibility index (Phi) is 5.35. The van der Waals surface area contributed by atoms with Crippen molar-refractivity contribution in [2.45, 2.75) is 33.3 Å². The number of ether oxygens (including phenoxy) is 1. The molecule has 0 bridgehead atoms. The molecule has 1 atom stereocenters. The maximum absolute atomic E-state index is 5.26. The van der Waals surface area contributed by atoms with Crippen molar-refractivity contribution in [3.8, 4) is 11.8 Å². The Morgan fingerprint density at radius 1 is 1.44 bits per heavy atom. The fourth-order valence-electron chi connectivity index (χ4n) is 0.624. The van der Waals surface area contributed by atoms with Crippen LogP contribution in [0, 0.1) is 11.8 Å². The lowest BCUT2D eigenvalue weighted by Crippen LogP contribution is -2.07. The third kappa shape index (κ3) is 4.05. The monoisotopic (exact) mass is 126 g/mol. The summed E-state index contributed by atoms with van der Waals surface area (Å²) in [6, 6.07) is 0. The SMILES string of the molecule is CC#CC(CC)OCC. The van der Waals surface area contributed by atoms with E-state index in [-0.39, 0.29) is 6.10 Å². The minimum absolute atomic E-state index is 0.153. The summed E-state index contributed by atoms with van der Waals surface area (Å²) in [5, 5.41) is 0. The number of hydrogen-bond donors (Lipinski definition) is 0. The Labute approximate surface area is 57.4 Å². The van der Waals surface area contributed by atoms with E-state index in [0.717, 1.165) is 13.0 Å². The van der Waals surface area contributed by atoms with E-state index in [1.807, 2.05) is 13.8 Å². The van der Waals surface area contributed by atoms with Crippen LogP contribution in [0.5, 0.6) is 0 Å². The van der Waals surface area contributed by atoms with E-state index in [2.05, 4.69) is 18.8 Å². The highest BCUT2D eigenvalue weighted by Crippen LogP contribution is 1.94. The zero-order valence-electron chi connectivity index (χ0n) is 6.40. The van der Waals surface area contributed by atoms with E-state index in [0.29, 0.717) is 0 Å². The lowest BCUT2D eigenvalue weighted by Gasteiger charge is -2.05. The van der Waals surface area contributed by atoms with Gasteiger partial charge < -0.3 is 4.74 Å². The maximum Gasteiger partial charge on any atom is 0.117 e. The molecule has 0 saturated heterocycles. The van der Waals surface area contributed by atoms with E-state index in [1.54, 1.807) is 0 Å². The Morgan fingerprint density at radius 3 is 2.44 bits per heavy atom. The normalized spacial score (nSPS) is 11.9. The second-order valence-corrected chi connectivity index (χ2v) is 1.75. The summed E-state index contributed by atoms with van der Waals surface area (Å²) in [6.07, 6.45) is 1.13. The molecule has 52 valence electrons. The first-order chi connectivity index (χ1) is 4.35. The number of hydrogen-bond acceptors (Lipinski definition) is 1. The molecule has 0 rings (SSSR count). The van der Waals surface area contributed by atoms with Gasteiger partial charge in [-0.15, -0.1) is 5.92 Å². The van der Waals surface area contributed by atoms with Crippen molar-refractivity contribution >= 4 is 0 Å². The van der Waals surface area contributed by atoms with Crippen LogP contribution < -0.4 is 0 Å². The van der Waals surface area contributed by atoms with Crippen LogP contribution in [0.25, 0.3) is 0 Å². The first-order valence-electron chi connectivity index (χ1n) is 3.39. The van der Waals surface area contributed by atoms with Gasteiger partial charge in [-0.25, -0.2) is 0 Å². The first kappa shape index (κ1) is 8.52. The second-order valence-electron chi connectivity index (χ2n) is 1.75. The Balaban J connectivity index is 3.50. The van der Waals surface area contributed by atoms with Gasteiger partial charge in [0.25, 0.3) is 0 Å². The van der Waals surface area contributed by atoms with Crippen molar-refractivity contribution in [1.82, 2.24) is 0 Å². The predicted octanol–water partition coefficient (Wildman–Crippen LogP) is 1.82. The minimum Gasteiger partial charge on any atom is -0.366 e. The maximum atomic E-state index is 5.26. The third-order valence-electron chi connectivity index (χ3n) is 1.04. The molecule has 0 aliphatic rings. The van der Waals surface area contributed by atoms with Gasteiger partial charge >= 0.3 is 0 Å². The molecule has 0 amide bonds. The molecule has 0 saturated carbocycles. The highest BCUT2D eigenvalue weighted by atomic mass is 16.5. The van der Waals surface area contributed by atoms with Crippen molar-refractivity contribution in [2.24, 2.45) is 0 Å². The highest BCUT2D eigenvalue weighted by Gasteiger charge is 1.96. The number of rotatable bonds is 3. The Bertz CT molecular complexity index is 107. The van der Waals surface area contributed by atoms with E-state index >= 15 is 0 Å². The summed E-state index contributed by atoms with van der Waals surface area (Å²) in [6.45, 7) is 6.65. The van der Waals surface area contributed by atoms with Crippen LogP contribution in [0.4, 0.5) is 0 Å². The van der Waals surface area contributed by atoms with Gasteiger partial charge in [-0.1, -0.05) is 12.8 Å². The highest BCUT2D eigenvalue weighted by molar-refractivity contribution is 5.01. The fraction of sp³-hybridized carbons (Fsp3) is 0.750. The van der Waals surface area contributed by atoms with Crippen LogP contribution in [0.2, 0.25) is 0 Å². The molecule has 1 heteroatoms. The summed E-state index contributed by atoms with van der Waals surface area (Å²) in [5.41, 5.74) is 0. The molecule has 1 unspecified atom stereocenters. The second kappa shape index (κ2) is 5.65. The molecule has 0 fully saturated rings. The van der Waals surface area contributed by atoms with E-state index in [1.165, 1.54) is 0 Å². The van der Waals surface area contributed by atoms with Crippen LogP contribution >= 0.6 is 0 Å². The zero-order chi connectivity index (χ0) is 7.11. The van der Waals surface area contributed by atoms with Crippen LogP contribution in [0.15, 0.2) is 0 Å². The van der Waals surface area contributed by atoms with Crippen LogP contribution in [-0.2, 0) is 4.74 Å². The molecule has 0 aromatic carbocycles. The largest absolute Gasteiger partial charge is 0.366 e. The van der Waals surface area contributed by atoms with Crippen molar-refractivity contribution in [3.63, 3.8) is 0 Å². The average Bonchev–Trinajstić information content (AvgIpc) is 1.88. The molecule has 0 N–H and O–H groups in total. The molecule has 0 heterocycles. The quantitative estimate of drug-likeness (QED) is 0.524. The standard InChI is InChI=1S/C8H14O/c1-4-7-8(5-2)9-6-3/h8H,5-6H2,1-3H3. The molecule has 0 aliphatic heterocycles. The van der Waals surface area contributed by atoms with Crippen LogP contribution in [0.1, 0.15) is 27.2 Å². The van der Waals surface area contributed by atoms with Gasteiger partial charge in [-0.05, 0) is 20.3 Å². The lowest BCUT2D eigenvalue weighted by molar-refractivity contribution is 0.100. The summed E-state index contributed by atoms with van der Waals surface area (Å²) in [7, 11) is 0. The van der Waals surface area contributed by atoms with Crippen molar-refractivity contribution in [3.05, 3.63) is 0 Å². The van der Waals surface area contributed by atoms with Gasteiger partial charge in [-0.3, -0.25) is 0 Å². The summed E-state index contributed by atoms with van der Waals surface area (Å²) in [4.78, 5) is 0. The van der Waals surface area contributed by atoms with E-state index in [9.17, 15) is 0 Å². The van der Waals surface area contributed by atoms with E-state index < -0.39 is 0 Å². The third-order valence-corrected chi connectivity index (χ3v) is 1.04. The minimum atomic E-state index is 0.153. The first-order valence-corrected chi connectivity index (χ1v) is 3.39. The predicted molar refractivity (Wildman–Crippen MR) is 39.2 cm³/mol. The van der Waals surface area contributed by atoms with Crippen LogP contribution in [-0.4, -0.2) is 12.7 Å². The fourth-order valence-corrected chi connectivity index (χ4v) is 0.624. The average molecular weight is 126 g/mol. The van der Waals surface area contributed by atoms with Crippen molar-refractivity contribution in [2.75, 3.05) is 6.61 Å². The molecule has 9 heavy (non-hydrogen) atoms. The van der Waals surface area contributed by atoms with Crippen molar-refractivity contribution in [1.29, 1.82) is 0 Å². The van der Waals surface area contributed by atoms with Crippen molar-refractivity contribution < 1.29 is 4.74 Å². The van der Waals surface area contributed by atoms with Gasteiger partial charge in [0.1, 0.15) is 6.10 Å². The van der Waals surface area contributed by atoms with Gasteiger partial charge in [-0.2, -0.15) is 0 Å². The molecule has 0 spiro atoms. The van der Waals surface area contributed by atoms with Gasteiger partial charge in [0.15, 0.2) is 0 Å². The topological polar surface area (TPSA) is 9.23 Å². The molecule has 1 nitrogen and oxygen atoms in total. The van der Waals surface area contributed by atoms with Gasteiger partial charge in [0, 0.05) is 6.61 Å².